The van der Waals surface area contributed by atoms with Crippen molar-refractivity contribution in [1.29, 1.82) is 0 Å². The van der Waals surface area contributed by atoms with Crippen LogP contribution in [0.3, 0.4) is 0 Å². The molecule has 2 heteroatoms. The number of fused-ring (bicyclic) bond motifs is 1. The van der Waals surface area contributed by atoms with Crippen molar-refractivity contribution < 1.29 is 9.59 Å². The summed E-state index contributed by atoms with van der Waals surface area (Å²) in [6.07, 6.45) is 3.84. The van der Waals surface area contributed by atoms with Gasteiger partial charge in [0.05, 0.1) is 0 Å². The SMILES string of the molecule is C=C(C)[C@@H]1C[C@H]2[C@H]3C[C@]1(C)C(=O)[C@]2(C)CC3C=O. The standard InChI is InChI=1S/C16H22O2/c1-9(2)12-5-13-11-7-16(12,4)14(18)15(13,3)6-10(11)8-17/h8,10-13H,1,5-7H2,2-4H3/t10?,11-,12-,13-,15+,16-/m0/s1. The predicted octanol–water partition coefficient (Wildman–Crippen LogP) is 3.02. The number of hydrogen-bond acceptors (Lipinski definition) is 2. The van der Waals surface area contributed by atoms with Crippen LogP contribution < -0.4 is 0 Å². The zero-order valence-electron chi connectivity index (χ0n) is 11.5. The number of carbonyl (C=O) groups excluding carboxylic acids is 2. The van der Waals surface area contributed by atoms with E-state index in [1.54, 1.807) is 0 Å². The van der Waals surface area contributed by atoms with E-state index >= 15 is 0 Å². The Bertz CT molecular complexity index is 452. The van der Waals surface area contributed by atoms with Crippen LogP contribution in [-0.4, -0.2) is 12.1 Å². The van der Waals surface area contributed by atoms with Crippen LogP contribution in [0.5, 0.6) is 0 Å². The molecule has 4 aliphatic rings. The molecule has 6 atom stereocenters. The molecule has 18 heavy (non-hydrogen) atoms. The fraction of sp³-hybridized carbons (Fsp3) is 0.750. The molecular weight excluding hydrogens is 224 g/mol. The first-order chi connectivity index (χ1) is 8.34. The van der Waals surface area contributed by atoms with E-state index in [0.717, 1.165) is 31.1 Å². The third-order valence-corrected chi connectivity index (χ3v) is 6.27. The summed E-state index contributed by atoms with van der Waals surface area (Å²) in [7, 11) is 0. The Morgan fingerprint density at radius 1 is 1.33 bits per heavy atom. The van der Waals surface area contributed by atoms with Crippen LogP contribution in [-0.2, 0) is 9.59 Å². The minimum Gasteiger partial charge on any atom is -0.303 e. The zero-order chi connectivity index (χ0) is 13.3. The van der Waals surface area contributed by atoms with Crippen LogP contribution in [0, 0.1) is 34.5 Å². The molecule has 4 bridgehead atoms. The first-order valence-corrected chi connectivity index (χ1v) is 7.00. The van der Waals surface area contributed by atoms with Gasteiger partial charge < -0.3 is 4.79 Å². The van der Waals surface area contributed by atoms with E-state index in [1.165, 1.54) is 0 Å². The summed E-state index contributed by atoms with van der Waals surface area (Å²) in [5.41, 5.74) is 0.633. The highest BCUT2D eigenvalue weighted by molar-refractivity contribution is 5.94. The lowest BCUT2D eigenvalue weighted by Gasteiger charge is -2.57. The molecule has 4 saturated carbocycles. The van der Waals surface area contributed by atoms with Gasteiger partial charge in [-0.3, -0.25) is 4.79 Å². The van der Waals surface area contributed by atoms with Crippen molar-refractivity contribution in [3.63, 3.8) is 0 Å². The Morgan fingerprint density at radius 2 is 2.00 bits per heavy atom. The number of hydrogen-bond donors (Lipinski definition) is 0. The maximum Gasteiger partial charge on any atom is 0.145 e. The molecule has 4 aliphatic carbocycles. The van der Waals surface area contributed by atoms with Crippen molar-refractivity contribution in [3.8, 4) is 0 Å². The maximum atomic E-state index is 12.9. The number of ketones is 1. The normalized spacial score (nSPS) is 53.6. The fourth-order valence-corrected chi connectivity index (χ4v) is 5.50. The highest BCUT2D eigenvalue weighted by atomic mass is 16.1. The number of Topliss-reactive ketones (excluding diaryl/α,β-unsaturated/α-hetero) is 1. The van der Waals surface area contributed by atoms with Gasteiger partial charge >= 0.3 is 0 Å². The minimum atomic E-state index is -0.266. The van der Waals surface area contributed by atoms with Crippen molar-refractivity contribution in [2.24, 2.45) is 34.5 Å². The second-order valence-corrected chi connectivity index (χ2v) is 7.28. The summed E-state index contributed by atoms with van der Waals surface area (Å²) in [5.74, 6) is 1.68. The van der Waals surface area contributed by atoms with Crippen molar-refractivity contribution in [3.05, 3.63) is 12.2 Å². The average Bonchev–Trinajstić information content (AvgIpc) is 2.56. The molecule has 0 spiro atoms. The van der Waals surface area contributed by atoms with Gasteiger partial charge in [-0.25, -0.2) is 0 Å². The summed E-state index contributed by atoms with van der Waals surface area (Å²) >= 11 is 0. The molecule has 98 valence electrons. The Kier molecular flexibility index (Phi) is 2.25. The highest BCUT2D eigenvalue weighted by Gasteiger charge is 2.69. The number of allylic oxidation sites excluding steroid dienone is 1. The molecule has 0 heterocycles. The topological polar surface area (TPSA) is 34.1 Å². The van der Waals surface area contributed by atoms with Gasteiger partial charge in [0.2, 0.25) is 0 Å². The maximum absolute atomic E-state index is 12.9. The molecule has 0 aromatic carbocycles. The molecule has 2 nitrogen and oxygen atoms in total. The largest absolute Gasteiger partial charge is 0.303 e. The summed E-state index contributed by atoms with van der Waals surface area (Å²) in [4.78, 5) is 24.2. The Morgan fingerprint density at radius 3 is 2.56 bits per heavy atom. The van der Waals surface area contributed by atoms with Crippen molar-refractivity contribution in [2.45, 2.75) is 40.0 Å². The number of rotatable bonds is 2. The van der Waals surface area contributed by atoms with Crippen LogP contribution in [0.25, 0.3) is 0 Å². The third kappa shape index (κ3) is 1.15. The second kappa shape index (κ2) is 3.34. The first kappa shape index (κ1) is 12.1. The molecule has 4 rings (SSSR count). The molecule has 0 aromatic rings. The molecular formula is C16H22O2. The molecule has 0 saturated heterocycles. The van der Waals surface area contributed by atoms with Crippen molar-refractivity contribution in [1.82, 2.24) is 0 Å². The van der Waals surface area contributed by atoms with Gasteiger partial charge in [-0.05, 0) is 43.9 Å². The monoisotopic (exact) mass is 246 g/mol. The van der Waals surface area contributed by atoms with E-state index in [-0.39, 0.29) is 16.7 Å². The van der Waals surface area contributed by atoms with Crippen LogP contribution >= 0.6 is 0 Å². The second-order valence-electron chi connectivity index (χ2n) is 7.28. The van der Waals surface area contributed by atoms with Gasteiger partial charge in [-0.15, -0.1) is 0 Å². The average molecular weight is 246 g/mol. The van der Waals surface area contributed by atoms with Crippen LogP contribution in [0.4, 0.5) is 0 Å². The summed E-state index contributed by atoms with van der Waals surface area (Å²) in [5, 5.41) is 0. The van der Waals surface area contributed by atoms with Gasteiger partial charge in [0.1, 0.15) is 12.1 Å². The van der Waals surface area contributed by atoms with E-state index in [0.29, 0.717) is 23.5 Å². The third-order valence-electron chi connectivity index (χ3n) is 6.27. The number of aldehydes is 1. The van der Waals surface area contributed by atoms with Crippen molar-refractivity contribution in [2.75, 3.05) is 0 Å². The summed E-state index contributed by atoms with van der Waals surface area (Å²) in [6, 6.07) is 0. The van der Waals surface area contributed by atoms with Gasteiger partial charge in [-0.2, -0.15) is 0 Å². The lowest BCUT2D eigenvalue weighted by atomic mass is 9.45. The van der Waals surface area contributed by atoms with Crippen LogP contribution in [0.1, 0.15) is 40.0 Å². The van der Waals surface area contributed by atoms with Gasteiger partial charge in [0.15, 0.2) is 0 Å². The lowest BCUT2D eigenvalue weighted by molar-refractivity contribution is -0.160. The molecule has 0 amide bonds. The molecule has 0 aromatic heterocycles. The van der Waals surface area contributed by atoms with Gasteiger partial charge in [-0.1, -0.05) is 26.0 Å². The summed E-state index contributed by atoms with van der Waals surface area (Å²) < 4.78 is 0. The Labute approximate surface area is 109 Å². The highest BCUT2D eigenvalue weighted by Crippen LogP contribution is 2.69. The molecule has 0 radical (unpaired) electrons. The van der Waals surface area contributed by atoms with Gasteiger partial charge in [0, 0.05) is 16.7 Å². The Hall–Kier alpha value is -0.920. The first-order valence-electron chi connectivity index (χ1n) is 7.00. The van der Waals surface area contributed by atoms with E-state index in [4.69, 9.17) is 0 Å². The van der Waals surface area contributed by atoms with Crippen molar-refractivity contribution >= 4 is 12.1 Å². The lowest BCUT2D eigenvalue weighted by Crippen LogP contribution is -2.58. The molecule has 1 unspecified atom stereocenters. The zero-order valence-corrected chi connectivity index (χ0v) is 11.5. The van der Waals surface area contributed by atoms with E-state index in [9.17, 15) is 9.59 Å². The predicted molar refractivity (Wildman–Crippen MR) is 69.9 cm³/mol. The summed E-state index contributed by atoms with van der Waals surface area (Å²) in [6.45, 7) is 10.3. The van der Waals surface area contributed by atoms with E-state index < -0.39 is 0 Å². The van der Waals surface area contributed by atoms with Gasteiger partial charge in [0.25, 0.3) is 0 Å². The van der Waals surface area contributed by atoms with Crippen LogP contribution in [0.15, 0.2) is 12.2 Å². The van der Waals surface area contributed by atoms with E-state index in [2.05, 4.69) is 20.4 Å². The quantitative estimate of drug-likeness (QED) is 0.554. The fourth-order valence-electron chi connectivity index (χ4n) is 5.50. The Balaban J connectivity index is 2.09. The molecule has 0 aliphatic heterocycles. The van der Waals surface area contributed by atoms with E-state index in [1.807, 2.05) is 6.92 Å². The minimum absolute atomic E-state index is 0.108. The smallest absolute Gasteiger partial charge is 0.145 e. The molecule has 0 N–H and O–H groups in total. The molecule has 4 fully saturated rings. The van der Waals surface area contributed by atoms with Crippen LogP contribution in [0.2, 0.25) is 0 Å². The number of carbonyl (C=O) groups is 2.